The number of halogens is 1. The normalized spacial score (nSPS) is 17.7. The van der Waals surface area contributed by atoms with E-state index in [1.54, 1.807) is 0 Å². The SMILES string of the molecule is CCCCC(=O)C1=C(Br)CCCC1. The van der Waals surface area contributed by atoms with Gasteiger partial charge in [-0.2, -0.15) is 0 Å². The molecule has 0 aromatic carbocycles. The van der Waals surface area contributed by atoms with Gasteiger partial charge in [-0.3, -0.25) is 4.79 Å². The third-order valence-corrected chi connectivity index (χ3v) is 3.37. The van der Waals surface area contributed by atoms with E-state index < -0.39 is 0 Å². The average Bonchev–Trinajstić information content (AvgIpc) is 2.15. The molecule has 0 unspecified atom stereocenters. The molecule has 2 heteroatoms. The highest BCUT2D eigenvalue weighted by molar-refractivity contribution is 9.11. The second-order valence-electron chi connectivity index (χ2n) is 3.62. The van der Waals surface area contributed by atoms with Gasteiger partial charge in [0, 0.05) is 16.5 Å². The zero-order chi connectivity index (χ0) is 9.68. The molecule has 0 heterocycles. The van der Waals surface area contributed by atoms with E-state index in [1.165, 1.54) is 17.3 Å². The summed E-state index contributed by atoms with van der Waals surface area (Å²) >= 11 is 3.51. The first-order chi connectivity index (χ1) is 6.25. The zero-order valence-corrected chi connectivity index (χ0v) is 9.82. The third kappa shape index (κ3) is 3.26. The van der Waals surface area contributed by atoms with Crippen molar-refractivity contribution in [3.63, 3.8) is 0 Å². The molecule has 1 nitrogen and oxygen atoms in total. The molecule has 0 N–H and O–H groups in total. The number of ketones is 1. The van der Waals surface area contributed by atoms with Gasteiger partial charge in [0.1, 0.15) is 0 Å². The summed E-state index contributed by atoms with van der Waals surface area (Å²) in [7, 11) is 0. The summed E-state index contributed by atoms with van der Waals surface area (Å²) in [5.74, 6) is 0.369. The molecule has 0 bridgehead atoms. The Morgan fingerprint density at radius 2 is 2.08 bits per heavy atom. The van der Waals surface area contributed by atoms with Crippen molar-refractivity contribution in [3.05, 3.63) is 10.1 Å². The van der Waals surface area contributed by atoms with Crippen LogP contribution in [-0.4, -0.2) is 5.78 Å². The van der Waals surface area contributed by atoms with Gasteiger partial charge in [0.05, 0.1) is 0 Å². The van der Waals surface area contributed by atoms with E-state index in [4.69, 9.17) is 0 Å². The van der Waals surface area contributed by atoms with Crippen LogP contribution < -0.4 is 0 Å². The molecular weight excluding hydrogens is 228 g/mol. The van der Waals surface area contributed by atoms with Crippen LogP contribution in [0.4, 0.5) is 0 Å². The van der Waals surface area contributed by atoms with Crippen LogP contribution >= 0.6 is 15.9 Å². The van der Waals surface area contributed by atoms with Crippen LogP contribution in [0.15, 0.2) is 10.1 Å². The van der Waals surface area contributed by atoms with E-state index in [9.17, 15) is 4.79 Å². The van der Waals surface area contributed by atoms with Crippen LogP contribution in [0.3, 0.4) is 0 Å². The van der Waals surface area contributed by atoms with Gasteiger partial charge in [0.2, 0.25) is 0 Å². The van der Waals surface area contributed by atoms with Crippen LogP contribution in [0.5, 0.6) is 0 Å². The predicted octanol–water partition coefficient (Wildman–Crippen LogP) is 3.97. The number of carbonyl (C=O) groups is 1. The Bertz CT molecular complexity index is 218. The molecule has 1 rings (SSSR count). The molecule has 0 atom stereocenters. The maximum absolute atomic E-state index is 11.7. The minimum absolute atomic E-state index is 0.369. The summed E-state index contributed by atoms with van der Waals surface area (Å²) in [5, 5.41) is 0. The minimum Gasteiger partial charge on any atom is -0.295 e. The summed E-state index contributed by atoms with van der Waals surface area (Å²) in [4.78, 5) is 11.7. The summed E-state index contributed by atoms with van der Waals surface area (Å²) < 4.78 is 1.17. The topological polar surface area (TPSA) is 17.1 Å². The van der Waals surface area contributed by atoms with Gasteiger partial charge in [-0.05, 0) is 32.1 Å². The highest BCUT2D eigenvalue weighted by Crippen LogP contribution is 2.30. The largest absolute Gasteiger partial charge is 0.295 e. The Labute approximate surface area is 88.7 Å². The quantitative estimate of drug-likeness (QED) is 0.732. The number of allylic oxidation sites excluding steroid dienone is 2. The van der Waals surface area contributed by atoms with E-state index in [1.807, 2.05) is 0 Å². The lowest BCUT2D eigenvalue weighted by Gasteiger charge is -2.14. The maximum Gasteiger partial charge on any atom is 0.159 e. The standard InChI is InChI=1S/C11H17BrO/c1-2-3-8-11(13)9-6-4-5-7-10(9)12/h2-8H2,1H3. The van der Waals surface area contributed by atoms with E-state index in [-0.39, 0.29) is 0 Å². The molecule has 0 fully saturated rings. The molecule has 1 aliphatic rings. The number of Topliss-reactive ketones (excluding diaryl/α,β-unsaturated/α-hetero) is 1. The van der Waals surface area contributed by atoms with Crippen molar-refractivity contribution in [3.8, 4) is 0 Å². The number of hydrogen-bond donors (Lipinski definition) is 0. The molecule has 0 aromatic heterocycles. The van der Waals surface area contributed by atoms with Crippen molar-refractivity contribution < 1.29 is 4.79 Å². The van der Waals surface area contributed by atoms with E-state index in [2.05, 4.69) is 22.9 Å². The van der Waals surface area contributed by atoms with Crippen molar-refractivity contribution >= 4 is 21.7 Å². The fraction of sp³-hybridized carbons (Fsp3) is 0.727. The van der Waals surface area contributed by atoms with E-state index >= 15 is 0 Å². The molecule has 74 valence electrons. The van der Waals surface area contributed by atoms with Gasteiger partial charge in [-0.25, -0.2) is 0 Å². The van der Waals surface area contributed by atoms with Gasteiger partial charge in [0.15, 0.2) is 5.78 Å². The second kappa shape index (κ2) is 5.58. The van der Waals surface area contributed by atoms with Gasteiger partial charge in [0.25, 0.3) is 0 Å². The molecule has 0 aromatic rings. The lowest BCUT2D eigenvalue weighted by molar-refractivity contribution is -0.115. The first kappa shape index (κ1) is 11.0. The van der Waals surface area contributed by atoms with Gasteiger partial charge >= 0.3 is 0 Å². The van der Waals surface area contributed by atoms with E-state index in [0.717, 1.165) is 37.7 Å². The van der Waals surface area contributed by atoms with Crippen molar-refractivity contribution in [2.75, 3.05) is 0 Å². The third-order valence-electron chi connectivity index (χ3n) is 2.49. The number of hydrogen-bond acceptors (Lipinski definition) is 1. The Balaban J connectivity index is 2.53. The van der Waals surface area contributed by atoms with Crippen LogP contribution in [0.1, 0.15) is 51.9 Å². The molecule has 0 radical (unpaired) electrons. The number of carbonyl (C=O) groups excluding carboxylic acids is 1. The Morgan fingerprint density at radius 3 is 2.69 bits per heavy atom. The lowest BCUT2D eigenvalue weighted by Crippen LogP contribution is -2.07. The maximum atomic E-state index is 11.7. The van der Waals surface area contributed by atoms with Crippen LogP contribution in [0.2, 0.25) is 0 Å². The van der Waals surface area contributed by atoms with Gasteiger partial charge < -0.3 is 0 Å². The smallest absolute Gasteiger partial charge is 0.159 e. The summed E-state index contributed by atoms with van der Waals surface area (Å²) in [6, 6.07) is 0. The summed E-state index contributed by atoms with van der Waals surface area (Å²) in [6.45, 7) is 2.12. The fourth-order valence-corrected chi connectivity index (χ4v) is 2.35. The fourth-order valence-electron chi connectivity index (χ4n) is 1.65. The molecule has 0 spiro atoms. The van der Waals surface area contributed by atoms with Crippen molar-refractivity contribution in [2.45, 2.75) is 51.9 Å². The predicted molar refractivity (Wildman–Crippen MR) is 59.0 cm³/mol. The Hall–Kier alpha value is -0.110. The van der Waals surface area contributed by atoms with Crippen molar-refractivity contribution in [1.82, 2.24) is 0 Å². The second-order valence-corrected chi connectivity index (χ2v) is 4.57. The number of rotatable bonds is 4. The van der Waals surface area contributed by atoms with Crippen LogP contribution in [0, 0.1) is 0 Å². The van der Waals surface area contributed by atoms with E-state index in [0.29, 0.717) is 5.78 Å². The van der Waals surface area contributed by atoms with Crippen molar-refractivity contribution in [1.29, 1.82) is 0 Å². The molecule has 0 amide bonds. The summed E-state index contributed by atoms with van der Waals surface area (Å²) in [5.41, 5.74) is 1.07. The zero-order valence-electron chi connectivity index (χ0n) is 8.24. The highest BCUT2D eigenvalue weighted by atomic mass is 79.9. The monoisotopic (exact) mass is 244 g/mol. The first-order valence-corrected chi connectivity index (χ1v) is 5.95. The Kier molecular flexibility index (Phi) is 4.71. The molecule has 0 aliphatic heterocycles. The van der Waals surface area contributed by atoms with Crippen LogP contribution in [0.25, 0.3) is 0 Å². The minimum atomic E-state index is 0.369. The molecular formula is C11H17BrO. The molecule has 1 aliphatic carbocycles. The molecule has 0 saturated carbocycles. The van der Waals surface area contributed by atoms with Gasteiger partial charge in [-0.1, -0.05) is 29.3 Å². The Morgan fingerprint density at radius 1 is 1.38 bits per heavy atom. The first-order valence-electron chi connectivity index (χ1n) is 5.16. The molecule has 13 heavy (non-hydrogen) atoms. The average molecular weight is 245 g/mol. The summed E-state index contributed by atoms with van der Waals surface area (Å²) in [6.07, 6.45) is 7.34. The van der Waals surface area contributed by atoms with Gasteiger partial charge in [-0.15, -0.1) is 0 Å². The van der Waals surface area contributed by atoms with Crippen molar-refractivity contribution in [2.24, 2.45) is 0 Å². The van der Waals surface area contributed by atoms with Crippen LogP contribution in [-0.2, 0) is 4.79 Å². The highest BCUT2D eigenvalue weighted by Gasteiger charge is 2.16. The lowest BCUT2D eigenvalue weighted by atomic mass is 9.94. The molecule has 0 saturated heterocycles. The number of unbranched alkanes of at least 4 members (excludes halogenated alkanes) is 1.